The Balaban J connectivity index is 2.60. The van der Waals surface area contributed by atoms with Crippen LogP contribution >= 0.6 is 0 Å². The van der Waals surface area contributed by atoms with Crippen molar-refractivity contribution in [3.8, 4) is 5.75 Å². The summed E-state index contributed by atoms with van der Waals surface area (Å²) in [4.78, 5) is 41.6. The van der Waals surface area contributed by atoms with E-state index in [1.807, 2.05) is 26.0 Å². The number of rotatable bonds is 9. The van der Waals surface area contributed by atoms with E-state index in [-0.39, 0.29) is 11.3 Å². The number of alkyl carbamates (subject to hydrolysis) is 1. The molecule has 9 heteroatoms. The molecule has 0 saturated heterocycles. The summed E-state index contributed by atoms with van der Waals surface area (Å²) >= 11 is 0. The quantitative estimate of drug-likeness (QED) is 0.396. The molecule has 0 spiro atoms. The molecule has 2 aromatic rings. The highest BCUT2D eigenvalue weighted by Crippen LogP contribution is 2.36. The van der Waals surface area contributed by atoms with Crippen LogP contribution in [-0.2, 0) is 14.3 Å². The van der Waals surface area contributed by atoms with Crippen molar-refractivity contribution in [1.29, 1.82) is 0 Å². The van der Waals surface area contributed by atoms with Crippen molar-refractivity contribution in [2.45, 2.75) is 78.1 Å². The molecule has 2 unspecified atom stereocenters. The molecule has 2 rings (SSSR count). The molecule has 0 aromatic heterocycles. The number of carbonyl (C=O) groups excluding carboxylic acids is 3. The Morgan fingerprint density at radius 3 is 2.14 bits per heavy atom. The predicted molar refractivity (Wildman–Crippen MR) is 142 cm³/mol. The molecule has 202 valence electrons. The summed E-state index contributed by atoms with van der Waals surface area (Å²) in [5.74, 6) is -1.43. The summed E-state index contributed by atoms with van der Waals surface area (Å²) in [6.45, 7) is 11.6. The molecule has 0 aliphatic carbocycles. The van der Waals surface area contributed by atoms with Crippen molar-refractivity contribution in [1.82, 2.24) is 10.2 Å². The third kappa shape index (κ3) is 7.69. The standard InChI is InChI=1S/C28H39N3O6/c1-8-28(6,7)31(25(35)21(17-32)30-26(36)37-27(3,4)5)23(19-14-10-12-16-22(19)33)24(34)29-20-15-11-9-13-18(20)2/h9-16,21,23,32-33H,8,17H2,1-7H3,(H,29,34)(H,30,36). The van der Waals surface area contributed by atoms with E-state index >= 15 is 0 Å². The Labute approximate surface area is 218 Å². The van der Waals surface area contributed by atoms with Crippen molar-refractivity contribution < 1.29 is 29.3 Å². The number of carbonyl (C=O) groups is 3. The van der Waals surface area contributed by atoms with Crippen molar-refractivity contribution in [3.63, 3.8) is 0 Å². The topological polar surface area (TPSA) is 128 Å². The summed E-state index contributed by atoms with van der Waals surface area (Å²) in [7, 11) is 0. The fourth-order valence-electron chi connectivity index (χ4n) is 3.78. The molecule has 3 amide bonds. The monoisotopic (exact) mass is 513 g/mol. The second-order valence-corrected chi connectivity index (χ2v) is 10.5. The molecule has 0 bridgehead atoms. The van der Waals surface area contributed by atoms with Crippen LogP contribution in [0.15, 0.2) is 48.5 Å². The van der Waals surface area contributed by atoms with Gasteiger partial charge in [0, 0.05) is 16.8 Å². The van der Waals surface area contributed by atoms with Gasteiger partial charge in [-0.2, -0.15) is 0 Å². The number of aryl methyl sites for hydroxylation is 1. The van der Waals surface area contributed by atoms with Gasteiger partial charge in [0.25, 0.3) is 5.91 Å². The molecule has 0 heterocycles. The Morgan fingerprint density at radius 1 is 1.00 bits per heavy atom. The third-order valence-electron chi connectivity index (χ3n) is 6.07. The number of aromatic hydroxyl groups is 1. The molecule has 4 N–H and O–H groups in total. The van der Waals surface area contributed by atoms with Crippen LogP contribution in [0.5, 0.6) is 5.75 Å². The number of nitrogens with one attached hydrogen (secondary N) is 2. The van der Waals surface area contributed by atoms with Gasteiger partial charge in [-0.15, -0.1) is 0 Å². The van der Waals surface area contributed by atoms with Gasteiger partial charge >= 0.3 is 6.09 Å². The van der Waals surface area contributed by atoms with E-state index in [0.29, 0.717) is 12.1 Å². The number of benzene rings is 2. The van der Waals surface area contributed by atoms with E-state index in [0.717, 1.165) is 5.56 Å². The summed E-state index contributed by atoms with van der Waals surface area (Å²) in [5, 5.41) is 26.1. The van der Waals surface area contributed by atoms with Crippen LogP contribution in [0, 0.1) is 6.92 Å². The van der Waals surface area contributed by atoms with Crippen LogP contribution < -0.4 is 10.6 Å². The molecule has 2 aromatic carbocycles. The molecule has 2 atom stereocenters. The van der Waals surface area contributed by atoms with E-state index < -0.39 is 47.7 Å². The Hall–Kier alpha value is -3.59. The van der Waals surface area contributed by atoms with Gasteiger partial charge in [-0.3, -0.25) is 9.59 Å². The van der Waals surface area contributed by atoms with E-state index in [1.165, 1.54) is 11.0 Å². The number of aliphatic hydroxyl groups excluding tert-OH is 1. The second-order valence-electron chi connectivity index (χ2n) is 10.5. The maximum Gasteiger partial charge on any atom is 0.408 e. The van der Waals surface area contributed by atoms with Crippen LogP contribution in [0.1, 0.15) is 65.1 Å². The number of phenolic OH excluding ortho intramolecular Hbond substituents is 1. The number of amides is 3. The van der Waals surface area contributed by atoms with E-state index in [2.05, 4.69) is 10.6 Å². The van der Waals surface area contributed by atoms with Gasteiger partial charge in [-0.05, 0) is 65.7 Å². The number of anilines is 1. The molecular weight excluding hydrogens is 474 g/mol. The number of aliphatic hydroxyl groups is 1. The number of hydrogen-bond donors (Lipinski definition) is 4. The van der Waals surface area contributed by atoms with Crippen LogP contribution in [-0.4, -0.2) is 56.8 Å². The van der Waals surface area contributed by atoms with Gasteiger partial charge in [0.1, 0.15) is 23.4 Å². The first kappa shape index (κ1) is 29.6. The fourth-order valence-corrected chi connectivity index (χ4v) is 3.78. The minimum atomic E-state index is -1.39. The number of para-hydroxylation sites is 2. The van der Waals surface area contributed by atoms with Crippen molar-refractivity contribution >= 4 is 23.6 Å². The fraction of sp³-hybridized carbons (Fsp3) is 0.464. The molecule has 0 saturated carbocycles. The van der Waals surface area contributed by atoms with Gasteiger partial charge in [0.2, 0.25) is 5.91 Å². The van der Waals surface area contributed by atoms with Crippen LogP contribution in [0.2, 0.25) is 0 Å². The molecule has 9 nitrogen and oxygen atoms in total. The second kappa shape index (κ2) is 12.1. The maximum atomic E-state index is 14.0. The molecular formula is C28H39N3O6. The van der Waals surface area contributed by atoms with Crippen LogP contribution in [0.4, 0.5) is 10.5 Å². The highest BCUT2D eigenvalue weighted by Gasteiger charge is 2.44. The van der Waals surface area contributed by atoms with Crippen molar-refractivity contribution in [2.24, 2.45) is 0 Å². The highest BCUT2D eigenvalue weighted by molar-refractivity contribution is 6.00. The summed E-state index contributed by atoms with van der Waals surface area (Å²) in [5.41, 5.74) is -0.158. The summed E-state index contributed by atoms with van der Waals surface area (Å²) in [6, 6.07) is 10.8. The lowest BCUT2D eigenvalue weighted by Gasteiger charge is -2.44. The van der Waals surface area contributed by atoms with Crippen molar-refractivity contribution in [3.05, 3.63) is 59.7 Å². The maximum absolute atomic E-state index is 14.0. The Kier molecular flexibility index (Phi) is 9.69. The normalized spacial score (nSPS) is 13.3. The zero-order chi connectivity index (χ0) is 28.0. The number of phenols is 1. The minimum Gasteiger partial charge on any atom is -0.508 e. The number of nitrogens with zero attached hydrogens (tertiary/aromatic N) is 1. The lowest BCUT2D eigenvalue weighted by Crippen LogP contribution is -2.59. The molecule has 0 radical (unpaired) electrons. The molecule has 0 aliphatic rings. The van der Waals surface area contributed by atoms with Gasteiger partial charge in [0.15, 0.2) is 0 Å². The smallest absolute Gasteiger partial charge is 0.408 e. The van der Waals surface area contributed by atoms with E-state index in [9.17, 15) is 24.6 Å². The predicted octanol–water partition coefficient (Wildman–Crippen LogP) is 4.28. The van der Waals surface area contributed by atoms with E-state index in [4.69, 9.17) is 4.74 Å². The zero-order valence-electron chi connectivity index (χ0n) is 22.7. The van der Waals surface area contributed by atoms with Crippen LogP contribution in [0.3, 0.4) is 0 Å². The minimum absolute atomic E-state index is 0.169. The lowest BCUT2D eigenvalue weighted by molar-refractivity contribution is -0.148. The zero-order valence-corrected chi connectivity index (χ0v) is 22.7. The van der Waals surface area contributed by atoms with Crippen molar-refractivity contribution in [2.75, 3.05) is 11.9 Å². The number of hydrogen-bond acceptors (Lipinski definition) is 6. The summed E-state index contributed by atoms with van der Waals surface area (Å²) in [6.07, 6.45) is -0.442. The Bertz CT molecular complexity index is 1110. The first-order valence-corrected chi connectivity index (χ1v) is 12.3. The SMILES string of the molecule is CCC(C)(C)N(C(=O)C(CO)NC(=O)OC(C)(C)C)C(C(=O)Nc1ccccc1C)c1ccccc1O. The first-order valence-electron chi connectivity index (χ1n) is 12.3. The van der Waals surface area contributed by atoms with Gasteiger partial charge in [-0.1, -0.05) is 43.3 Å². The Morgan fingerprint density at radius 2 is 1.59 bits per heavy atom. The van der Waals surface area contributed by atoms with Gasteiger partial charge in [-0.25, -0.2) is 4.79 Å². The van der Waals surface area contributed by atoms with Gasteiger partial charge in [0.05, 0.1) is 6.61 Å². The van der Waals surface area contributed by atoms with Gasteiger partial charge < -0.3 is 30.5 Å². The highest BCUT2D eigenvalue weighted by atomic mass is 16.6. The average Bonchev–Trinajstić information content (AvgIpc) is 2.81. The van der Waals surface area contributed by atoms with Crippen LogP contribution in [0.25, 0.3) is 0 Å². The van der Waals surface area contributed by atoms with E-state index in [1.54, 1.807) is 65.0 Å². The molecule has 0 aliphatic heterocycles. The largest absolute Gasteiger partial charge is 0.508 e. The third-order valence-corrected chi connectivity index (χ3v) is 6.07. The summed E-state index contributed by atoms with van der Waals surface area (Å²) < 4.78 is 5.26. The molecule has 0 fully saturated rings. The number of ether oxygens (including phenoxy) is 1. The first-order chi connectivity index (χ1) is 17.2. The lowest BCUT2D eigenvalue weighted by atomic mass is 9.91. The average molecular weight is 514 g/mol. The molecule has 37 heavy (non-hydrogen) atoms.